The molecule has 1 aromatic carbocycles. The molecular weight excluding hydrogens is 208 g/mol. The molecule has 1 saturated carbocycles. The van der Waals surface area contributed by atoms with Crippen molar-refractivity contribution < 1.29 is 4.79 Å². The van der Waals surface area contributed by atoms with Gasteiger partial charge in [0.25, 0.3) is 0 Å². The summed E-state index contributed by atoms with van der Waals surface area (Å²) in [7, 11) is 0. The minimum atomic E-state index is 0.0788. The van der Waals surface area contributed by atoms with Crippen molar-refractivity contribution in [3.63, 3.8) is 0 Å². The Morgan fingerprint density at radius 2 is 1.82 bits per heavy atom. The Hall–Kier alpha value is -1.11. The number of Topliss-reactive ketones (excluding diaryl/α,β-unsaturated/α-hetero) is 1. The Labute approximate surface area is 103 Å². The fraction of sp³-hybridized carbons (Fsp3) is 0.562. The van der Waals surface area contributed by atoms with Crippen molar-refractivity contribution in [1.29, 1.82) is 0 Å². The van der Waals surface area contributed by atoms with Crippen LogP contribution in [0.15, 0.2) is 24.3 Å². The molecule has 0 N–H and O–H groups in total. The minimum absolute atomic E-state index is 0.0788. The number of rotatable bonds is 0. The smallest absolute Gasteiger partial charge is 0.167 e. The number of ketones is 1. The van der Waals surface area contributed by atoms with E-state index >= 15 is 0 Å². The Bertz CT molecular complexity index is 486. The lowest BCUT2D eigenvalue weighted by Crippen LogP contribution is -2.44. The molecule has 0 spiro atoms. The quantitative estimate of drug-likeness (QED) is 0.656. The van der Waals surface area contributed by atoms with Gasteiger partial charge in [0.2, 0.25) is 0 Å². The van der Waals surface area contributed by atoms with E-state index in [4.69, 9.17) is 0 Å². The Balaban J connectivity index is 2.22. The topological polar surface area (TPSA) is 17.1 Å². The molecule has 0 aliphatic heterocycles. The number of benzene rings is 1. The van der Waals surface area contributed by atoms with E-state index in [2.05, 4.69) is 32.9 Å². The van der Waals surface area contributed by atoms with Crippen molar-refractivity contribution in [2.45, 2.75) is 45.4 Å². The molecule has 0 amide bonds. The van der Waals surface area contributed by atoms with Gasteiger partial charge < -0.3 is 0 Å². The van der Waals surface area contributed by atoms with Gasteiger partial charge in [-0.15, -0.1) is 0 Å². The van der Waals surface area contributed by atoms with E-state index in [-0.39, 0.29) is 16.7 Å². The highest BCUT2D eigenvalue weighted by molar-refractivity contribution is 6.04. The molecule has 2 aliphatic rings. The zero-order valence-electron chi connectivity index (χ0n) is 10.9. The molecule has 0 radical (unpaired) electrons. The second-order valence-corrected chi connectivity index (χ2v) is 6.60. The molecule has 0 bridgehead atoms. The van der Waals surface area contributed by atoms with Crippen LogP contribution in [0.3, 0.4) is 0 Å². The predicted molar refractivity (Wildman–Crippen MR) is 69.2 cm³/mol. The van der Waals surface area contributed by atoms with Gasteiger partial charge in [0.1, 0.15) is 0 Å². The summed E-state index contributed by atoms with van der Waals surface area (Å²) in [5, 5.41) is 0. The molecule has 2 atom stereocenters. The first-order valence-electron chi connectivity index (χ1n) is 6.60. The van der Waals surface area contributed by atoms with Crippen molar-refractivity contribution in [1.82, 2.24) is 0 Å². The Morgan fingerprint density at radius 1 is 1.12 bits per heavy atom. The van der Waals surface area contributed by atoms with E-state index in [1.165, 1.54) is 18.4 Å². The second-order valence-electron chi connectivity index (χ2n) is 6.60. The third-order valence-corrected chi connectivity index (χ3v) is 5.01. The molecule has 0 saturated heterocycles. The fourth-order valence-electron chi connectivity index (χ4n) is 4.35. The lowest BCUT2D eigenvalue weighted by atomic mass is 9.56. The van der Waals surface area contributed by atoms with Crippen molar-refractivity contribution in [2.24, 2.45) is 11.3 Å². The number of fused-ring (bicyclic) bond motifs is 3. The molecule has 1 fully saturated rings. The normalized spacial score (nSPS) is 34.3. The average molecular weight is 228 g/mol. The molecule has 0 heterocycles. The van der Waals surface area contributed by atoms with Crippen LogP contribution in [-0.4, -0.2) is 5.78 Å². The molecule has 90 valence electrons. The predicted octanol–water partition coefficient (Wildman–Crippen LogP) is 3.97. The maximum atomic E-state index is 12.7. The van der Waals surface area contributed by atoms with E-state index < -0.39 is 0 Å². The lowest BCUT2D eigenvalue weighted by Gasteiger charge is -2.46. The summed E-state index contributed by atoms with van der Waals surface area (Å²) in [6.07, 6.45) is 3.57. The SMILES string of the molecule is CC1(C)CCC[C@@]2(C)c3ccccc3C(=O)[C@@H]12. The van der Waals surface area contributed by atoms with Crippen LogP contribution in [0.25, 0.3) is 0 Å². The van der Waals surface area contributed by atoms with Crippen molar-refractivity contribution in [2.75, 3.05) is 0 Å². The highest BCUT2D eigenvalue weighted by Gasteiger charge is 2.56. The largest absolute Gasteiger partial charge is 0.294 e. The van der Waals surface area contributed by atoms with E-state index in [1.54, 1.807) is 0 Å². The maximum Gasteiger partial charge on any atom is 0.167 e. The zero-order chi connectivity index (χ0) is 12.3. The van der Waals surface area contributed by atoms with E-state index in [0.29, 0.717) is 5.78 Å². The van der Waals surface area contributed by atoms with Crippen LogP contribution >= 0.6 is 0 Å². The average Bonchev–Trinajstić information content (AvgIpc) is 2.50. The number of carbonyl (C=O) groups excluding carboxylic acids is 1. The third kappa shape index (κ3) is 1.28. The van der Waals surface area contributed by atoms with Crippen LogP contribution in [0.4, 0.5) is 0 Å². The van der Waals surface area contributed by atoms with Crippen molar-refractivity contribution in [3.05, 3.63) is 35.4 Å². The third-order valence-electron chi connectivity index (χ3n) is 5.01. The van der Waals surface area contributed by atoms with Crippen LogP contribution < -0.4 is 0 Å². The lowest BCUT2D eigenvalue weighted by molar-refractivity contribution is 0.0500. The number of carbonyl (C=O) groups is 1. The van der Waals surface area contributed by atoms with Crippen LogP contribution in [0, 0.1) is 11.3 Å². The van der Waals surface area contributed by atoms with Crippen LogP contribution in [0.5, 0.6) is 0 Å². The molecular formula is C16H20O. The molecule has 1 nitrogen and oxygen atoms in total. The Morgan fingerprint density at radius 3 is 2.59 bits per heavy atom. The Kier molecular flexibility index (Phi) is 2.08. The highest BCUT2D eigenvalue weighted by atomic mass is 16.1. The standard InChI is InChI=1S/C16H20O/c1-15(2)9-6-10-16(3)12-8-5-4-7-11(12)13(17)14(15)16/h4-5,7-8,14H,6,9-10H2,1-3H3/t14-,16-/m0/s1. The molecule has 1 aromatic rings. The summed E-state index contributed by atoms with van der Waals surface area (Å²) >= 11 is 0. The van der Waals surface area contributed by atoms with Crippen molar-refractivity contribution >= 4 is 5.78 Å². The van der Waals surface area contributed by atoms with Crippen molar-refractivity contribution in [3.8, 4) is 0 Å². The van der Waals surface area contributed by atoms with E-state index in [1.807, 2.05) is 12.1 Å². The molecule has 0 aromatic heterocycles. The fourth-order valence-corrected chi connectivity index (χ4v) is 4.35. The first kappa shape index (κ1) is 11.0. The zero-order valence-corrected chi connectivity index (χ0v) is 10.9. The van der Waals surface area contributed by atoms with Gasteiger partial charge in [0.15, 0.2) is 5.78 Å². The second kappa shape index (κ2) is 3.22. The van der Waals surface area contributed by atoms with Crippen LogP contribution in [0.1, 0.15) is 56.0 Å². The van der Waals surface area contributed by atoms with Crippen LogP contribution in [0.2, 0.25) is 0 Å². The monoisotopic (exact) mass is 228 g/mol. The summed E-state index contributed by atoms with van der Waals surface area (Å²) in [6, 6.07) is 8.23. The molecule has 1 heteroatoms. The summed E-state index contributed by atoms with van der Waals surface area (Å²) in [5.41, 5.74) is 2.50. The van der Waals surface area contributed by atoms with Gasteiger partial charge in [0.05, 0.1) is 0 Å². The first-order chi connectivity index (χ1) is 7.97. The van der Waals surface area contributed by atoms with Crippen LogP contribution in [-0.2, 0) is 5.41 Å². The van der Waals surface area contributed by atoms with E-state index in [0.717, 1.165) is 12.0 Å². The van der Waals surface area contributed by atoms with Gasteiger partial charge in [-0.2, -0.15) is 0 Å². The maximum absolute atomic E-state index is 12.7. The summed E-state index contributed by atoms with van der Waals surface area (Å²) in [5.74, 6) is 0.564. The summed E-state index contributed by atoms with van der Waals surface area (Å²) in [4.78, 5) is 12.7. The minimum Gasteiger partial charge on any atom is -0.294 e. The summed E-state index contributed by atoms with van der Waals surface area (Å²) < 4.78 is 0. The first-order valence-corrected chi connectivity index (χ1v) is 6.60. The molecule has 3 rings (SSSR count). The molecule has 2 aliphatic carbocycles. The number of hydrogen-bond acceptors (Lipinski definition) is 1. The van der Waals surface area contributed by atoms with Gasteiger partial charge in [-0.1, -0.05) is 51.5 Å². The van der Waals surface area contributed by atoms with Gasteiger partial charge in [-0.3, -0.25) is 4.79 Å². The van der Waals surface area contributed by atoms with Gasteiger partial charge in [0, 0.05) is 16.9 Å². The number of hydrogen-bond donors (Lipinski definition) is 0. The van der Waals surface area contributed by atoms with Gasteiger partial charge in [-0.25, -0.2) is 0 Å². The molecule has 0 unspecified atom stereocenters. The van der Waals surface area contributed by atoms with Gasteiger partial charge in [-0.05, 0) is 23.8 Å². The highest BCUT2D eigenvalue weighted by Crippen LogP contribution is 2.57. The van der Waals surface area contributed by atoms with Gasteiger partial charge >= 0.3 is 0 Å². The van der Waals surface area contributed by atoms with E-state index in [9.17, 15) is 4.79 Å². The summed E-state index contributed by atoms with van der Waals surface area (Å²) in [6.45, 7) is 6.82. The molecule has 17 heavy (non-hydrogen) atoms.